The topological polar surface area (TPSA) is 18.5 Å². The Bertz CT molecular complexity index is 580. The first kappa shape index (κ1) is 15.0. The van der Waals surface area contributed by atoms with Crippen molar-refractivity contribution in [2.45, 2.75) is 19.4 Å². The van der Waals surface area contributed by atoms with E-state index in [-0.39, 0.29) is 0 Å². The SMILES string of the molecule is COc1cc(CCl)cc(Cl)c1OCc1ccc(C)cc1. The Labute approximate surface area is 129 Å². The molecule has 0 saturated carbocycles. The number of aryl methyl sites for hydroxylation is 1. The van der Waals surface area contributed by atoms with Gasteiger partial charge < -0.3 is 9.47 Å². The second-order valence-electron chi connectivity index (χ2n) is 4.52. The van der Waals surface area contributed by atoms with Crippen LogP contribution in [0.4, 0.5) is 0 Å². The fraction of sp³-hybridized carbons (Fsp3) is 0.250. The molecule has 0 aromatic heterocycles. The highest BCUT2D eigenvalue weighted by Gasteiger charge is 2.12. The van der Waals surface area contributed by atoms with E-state index < -0.39 is 0 Å². The Morgan fingerprint density at radius 1 is 1.05 bits per heavy atom. The maximum absolute atomic E-state index is 6.22. The molecule has 20 heavy (non-hydrogen) atoms. The van der Waals surface area contributed by atoms with Crippen LogP contribution in [-0.4, -0.2) is 7.11 Å². The predicted molar refractivity (Wildman–Crippen MR) is 83.1 cm³/mol. The molecule has 0 aliphatic heterocycles. The molecule has 106 valence electrons. The van der Waals surface area contributed by atoms with E-state index in [1.165, 1.54) is 5.56 Å². The Kier molecular flexibility index (Phi) is 5.16. The van der Waals surface area contributed by atoms with Crippen LogP contribution in [0.1, 0.15) is 16.7 Å². The number of alkyl halides is 1. The van der Waals surface area contributed by atoms with Crippen molar-refractivity contribution in [3.8, 4) is 11.5 Å². The van der Waals surface area contributed by atoms with Crippen LogP contribution < -0.4 is 9.47 Å². The molecule has 2 aromatic rings. The van der Waals surface area contributed by atoms with Crippen molar-refractivity contribution in [3.63, 3.8) is 0 Å². The number of hydrogen-bond donors (Lipinski definition) is 0. The van der Waals surface area contributed by atoms with Crippen LogP contribution in [0.2, 0.25) is 5.02 Å². The molecule has 2 nitrogen and oxygen atoms in total. The highest BCUT2D eigenvalue weighted by Crippen LogP contribution is 2.37. The van der Waals surface area contributed by atoms with Crippen molar-refractivity contribution in [1.29, 1.82) is 0 Å². The van der Waals surface area contributed by atoms with Gasteiger partial charge in [0.1, 0.15) is 6.61 Å². The quantitative estimate of drug-likeness (QED) is 0.725. The number of ether oxygens (including phenoxy) is 2. The van der Waals surface area contributed by atoms with Crippen molar-refractivity contribution in [3.05, 3.63) is 58.1 Å². The third-order valence-corrected chi connectivity index (χ3v) is 3.54. The fourth-order valence-electron chi connectivity index (χ4n) is 1.83. The van der Waals surface area contributed by atoms with Crippen LogP contribution >= 0.6 is 23.2 Å². The summed E-state index contributed by atoms with van der Waals surface area (Å²) in [7, 11) is 1.59. The molecule has 0 N–H and O–H groups in total. The summed E-state index contributed by atoms with van der Waals surface area (Å²) in [5.41, 5.74) is 3.20. The third-order valence-electron chi connectivity index (χ3n) is 2.95. The van der Waals surface area contributed by atoms with Gasteiger partial charge in [-0.05, 0) is 30.2 Å². The second-order valence-corrected chi connectivity index (χ2v) is 5.19. The molecular formula is C16H16Cl2O2. The van der Waals surface area contributed by atoms with Gasteiger partial charge in [-0.1, -0.05) is 41.4 Å². The van der Waals surface area contributed by atoms with Gasteiger partial charge in [-0.2, -0.15) is 0 Å². The lowest BCUT2D eigenvalue weighted by molar-refractivity contribution is 0.284. The lowest BCUT2D eigenvalue weighted by Gasteiger charge is -2.13. The number of hydrogen-bond acceptors (Lipinski definition) is 2. The molecule has 0 fully saturated rings. The fourth-order valence-corrected chi connectivity index (χ4v) is 2.27. The van der Waals surface area contributed by atoms with E-state index in [2.05, 4.69) is 6.92 Å². The molecular weight excluding hydrogens is 295 g/mol. The van der Waals surface area contributed by atoms with Gasteiger partial charge >= 0.3 is 0 Å². The van der Waals surface area contributed by atoms with Crippen LogP contribution in [0.25, 0.3) is 0 Å². The second kappa shape index (κ2) is 6.87. The average Bonchev–Trinajstić information content (AvgIpc) is 2.47. The zero-order valence-electron chi connectivity index (χ0n) is 11.5. The molecule has 0 atom stereocenters. The van der Waals surface area contributed by atoms with Crippen molar-refractivity contribution in [2.24, 2.45) is 0 Å². The van der Waals surface area contributed by atoms with Gasteiger partial charge in [0.2, 0.25) is 0 Å². The normalized spacial score (nSPS) is 10.4. The Morgan fingerprint density at radius 3 is 2.35 bits per heavy atom. The number of halogens is 2. The van der Waals surface area contributed by atoms with E-state index in [0.29, 0.717) is 29.0 Å². The molecule has 0 saturated heterocycles. The summed E-state index contributed by atoms with van der Waals surface area (Å²) in [4.78, 5) is 0. The van der Waals surface area contributed by atoms with Crippen LogP contribution in [0.3, 0.4) is 0 Å². The number of methoxy groups -OCH3 is 1. The van der Waals surface area contributed by atoms with Crippen LogP contribution in [0.5, 0.6) is 11.5 Å². The monoisotopic (exact) mass is 310 g/mol. The van der Waals surface area contributed by atoms with Crippen LogP contribution in [0.15, 0.2) is 36.4 Å². The molecule has 0 radical (unpaired) electrons. The van der Waals surface area contributed by atoms with Gasteiger partial charge in [0.25, 0.3) is 0 Å². The standard InChI is InChI=1S/C16H16Cl2O2/c1-11-3-5-12(6-4-11)10-20-16-14(18)7-13(9-17)8-15(16)19-2/h3-8H,9-10H2,1-2H3. The van der Waals surface area contributed by atoms with E-state index >= 15 is 0 Å². The lowest BCUT2D eigenvalue weighted by Crippen LogP contribution is -1.99. The summed E-state index contributed by atoms with van der Waals surface area (Å²) in [6.07, 6.45) is 0. The van der Waals surface area contributed by atoms with E-state index in [1.54, 1.807) is 13.2 Å². The summed E-state index contributed by atoms with van der Waals surface area (Å²) in [6, 6.07) is 11.8. The third kappa shape index (κ3) is 3.59. The minimum atomic E-state index is 0.383. The van der Waals surface area contributed by atoms with Gasteiger partial charge in [-0.25, -0.2) is 0 Å². The van der Waals surface area contributed by atoms with E-state index in [1.807, 2.05) is 30.3 Å². The lowest BCUT2D eigenvalue weighted by atomic mass is 10.2. The molecule has 4 heteroatoms. The largest absolute Gasteiger partial charge is 0.493 e. The zero-order chi connectivity index (χ0) is 14.5. The van der Waals surface area contributed by atoms with E-state index in [0.717, 1.165) is 11.1 Å². The first-order valence-corrected chi connectivity index (χ1v) is 7.16. The zero-order valence-corrected chi connectivity index (χ0v) is 13.0. The van der Waals surface area contributed by atoms with Gasteiger partial charge in [-0.3, -0.25) is 0 Å². The molecule has 0 heterocycles. The summed E-state index contributed by atoms with van der Waals surface area (Å²) < 4.78 is 11.1. The van der Waals surface area contributed by atoms with E-state index in [4.69, 9.17) is 32.7 Å². The smallest absolute Gasteiger partial charge is 0.180 e. The van der Waals surface area contributed by atoms with E-state index in [9.17, 15) is 0 Å². The minimum absolute atomic E-state index is 0.383. The molecule has 0 amide bonds. The summed E-state index contributed by atoms with van der Waals surface area (Å²) in [5.74, 6) is 1.53. The van der Waals surface area contributed by atoms with Crippen molar-refractivity contribution in [2.75, 3.05) is 7.11 Å². The molecule has 0 aliphatic carbocycles. The van der Waals surface area contributed by atoms with Crippen molar-refractivity contribution < 1.29 is 9.47 Å². The Balaban J connectivity index is 2.18. The number of rotatable bonds is 5. The highest BCUT2D eigenvalue weighted by molar-refractivity contribution is 6.32. The first-order chi connectivity index (χ1) is 9.63. The first-order valence-electron chi connectivity index (χ1n) is 6.24. The van der Waals surface area contributed by atoms with Crippen molar-refractivity contribution in [1.82, 2.24) is 0 Å². The molecule has 2 aromatic carbocycles. The predicted octanol–water partition coefficient (Wildman–Crippen LogP) is 4.97. The van der Waals surface area contributed by atoms with Crippen LogP contribution in [-0.2, 0) is 12.5 Å². The highest BCUT2D eigenvalue weighted by atomic mass is 35.5. The molecule has 0 aliphatic rings. The van der Waals surface area contributed by atoms with Crippen LogP contribution in [0, 0.1) is 6.92 Å². The maximum atomic E-state index is 6.22. The summed E-state index contributed by atoms with van der Waals surface area (Å²) >= 11 is 12.0. The minimum Gasteiger partial charge on any atom is -0.493 e. The number of benzene rings is 2. The molecule has 0 bridgehead atoms. The summed E-state index contributed by atoms with van der Waals surface area (Å²) in [6.45, 7) is 2.49. The van der Waals surface area contributed by atoms with Gasteiger partial charge in [0.05, 0.1) is 12.1 Å². The van der Waals surface area contributed by atoms with Gasteiger partial charge in [0, 0.05) is 5.88 Å². The molecule has 0 unspecified atom stereocenters. The Morgan fingerprint density at radius 2 is 1.75 bits per heavy atom. The molecule has 0 spiro atoms. The van der Waals surface area contributed by atoms with Gasteiger partial charge in [-0.15, -0.1) is 11.6 Å². The van der Waals surface area contributed by atoms with Crippen molar-refractivity contribution >= 4 is 23.2 Å². The molecule has 2 rings (SSSR count). The maximum Gasteiger partial charge on any atom is 0.180 e. The Hall–Kier alpha value is -1.38. The average molecular weight is 311 g/mol. The van der Waals surface area contributed by atoms with Gasteiger partial charge in [0.15, 0.2) is 11.5 Å². The summed E-state index contributed by atoms with van der Waals surface area (Å²) in [5, 5.41) is 0.507.